The number of aromatic nitrogens is 2. The molecule has 0 amide bonds. The van der Waals surface area contributed by atoms with Crippen LogP contribution < -0.4 is 5.32 Å². The highest BCUT2D eigenvalue weighted by atomic mass is 35.5. The van der Waals surface area contributed by atoms with Crippen molar-refractivity contribution in [3.63, 3.8) is 0 Å². The van der Waals surface area contributed by atoms with Crippen LogP contribution in [0.2, 0.25) is 10.0 Å². The predicted octanol–water partition coefficient (Wildman–Crippen LogP) is 5.11. The minimum Gasteiger partial charge on any atom is -0.464 e. The number of nitrogens with one attached hydrogen (secondary N) is 1. The van der Waals surface area contributed by atoms with Crippen molar-refractivity contribution < 1.29 is 9.53 Å². The monoisotopic (exact) mass is 403 g/mol. The number of methoxy groups -OCH3 is 1. The lowest BCUT2D eigenvalue weighted by molar-refractivity contribution is 0.0593. The molecule has 1 aromatic carbocycles. The molecule has 0 aliphatic heterocycles. The zero-order valence-electron chi connectivity index (χ0n) is 14.8. The molecule has 0 unspecified atom stereocenters. The molecule has 2 aliphatic rings. The Bertz CT molecular complexity index is 921. The minimum atomic E-state index is -0.552. The molecule has 2 aromatic rings. The lowest BCUT2D eigenvalue weighted by Gasteiger charge is -2.17. The number of halogens is 2. The molecule has 27 heavy (non-hydrogen) atoms. The van der Waals surface area contributed by atoms with Crippen LogP contribution in [0.15, 0.2) is 30.3 Å². The number of benzene rings is 1. The quantitative estimate of drug-likeness (QED) is 0.679. The molecule has 2 saturated carbocycles. The van der Waals surface area contributed by atoms with Gasteiger partial charge in [0.15, 0.2) is 5.69 Å². The number of hydrogen-bond donors (Lipinski definition) is 1. The zero-order valence-corrected chi connectivity index (χ0v) is 16.3. The van der Waals surface area contributed by atoms with Crippen LogP contribution in [0.1, 0.15) is 53.5 Å². The molecule has 0 atom stereocenters. The maximum atomic E-state index is 12.1. The third kappa shape index (κ3) is 3.94. The van der Waals surface area contributed by atoms with Crippen molar-refractivity contribution in [1.82, 2.24) is 9.97 Å². The fraction of sp³-hybridized carbons (Fsp3) is 0.350. The van der Waals surface area contributed by atoms with E-state index in [-0.39, 0.29) is 16.3 Å². The SMILES string of the molecule is COC(=O)c1nc(C2CC2)nc(NC2(C=Cc3ccccc3Cl)CC2)c1Cl. The third-order valence-electron chi connectivity index (χ3n) is 4.83. The van der Waals surface area contributed by atoms with Crippen LogP contribution in [0, 0.1) is 0 Å². The lowest BCUT2D eigenvalue weighted by atomic mass is 10.1. The molecule has 1 aromatic heterocycles. The number of esters is 1. The average molecular weight is 404 g/mol. The minimum absolute atomic E-state index is 0.115. The van der Waals surface area contributed by atoms with Gasteiger partial charge in [0, 0.05) is 10.9 Å². The fourth-order valence-corrected chi connectivity index (χ4v) is 3.27. The Morgan fingerprint density at radius 3 is 2.63 bits per heavy atom. The Morgan fingerprint density at radius 2 is 2.00 bits per heavy atom. The molecule has 5 nitrogen and oxygen atoms in total. The van der Waals surface area contributed by atoms with E-state index in [1.165, 1.54) is 7.11 Å². The number of ether oxygens (including phenoxy) is 1. The topological polar surface area (TPSA) is 64.1 Å². The van der Waals surface area contributed by atoms with E-state index in [2.05, 4.69) is 21.4 Å². The van der Waals surface area contributed by atoms with Crippen LogP contribution in [-0.2, 0) is 4.74 Å². The Labute approximate surface area is 167 Å². The summed E-state index contributed by atoms with van der Waals surface area (Å²) >= 11 is 12.7. The molecule has 1 N–H and O–H groups in total. The van der Waals surface area contributed by atoms with Crippen LogP contribution in [0.4, 0.5) is 5.82 Å². The third-order valence-corrected chi connectivity index (χ3v) is 5.54. The van der Waals surface area contributed by atoms with Crippen molar-refractivity contribution in [3.8, 4) is 0 Å². The smallest absolute Gasteiger partial charge is 0.358 e. The number of carbonyl (C=O) groups excluding carboxylic acids is 1. The van der Waals surface area contributed by atoms with Crippen LogP contribution in [-0.4, -0.2) is 28.6 Å². The number of hydrogen-bond acceptors (Lipinski definition) is 5. The van der Waals surface area contributed by atoms with Gasteiger partial charge in [-0.25, -0.2) is 14.8 Å². The first-order valence-electron chi connectivity index (χ1n) is 8.89. The highest BCUT2D eigenvalue weighted by Crippen LogP contribution is 2.44. The van der Waals surface area contributed by atoms with Gasteiger partial charge in [-0.05, 0) is 37.3 Å². The van der Waals surface area contributed by atoms with Crippen molar-refractivity contribution in [2.24, 2.45) is 0 Å². The first-order chi connectivity index (χ1) is 13.0. The Hall–Kier alpha value is -2.11. The van der Waals surface area contributed by atoms with Crippen molar-refractivity contribution in [2.45, 2.75) is 37.1 Å². The van der Waals surface area contributed by atoms with E-state index in [1.54, 1.807) is 0 Å². The largest absolute Gasteiger partial charge is 0.464 e. The summed E-state index contributed by atoms with van der Waals surface area (Å²) < 4.78 is 4.82. The second-order valence-corrected chi connectivity index (χ2v) is 7.78. The van der Waals surface area contributed by atoms with E-state index in [0.717, 1.165) is 31.2 Å². The summed E-state index contributed by atoms with van der Waals surface area (Å²) in [5.74, 6) is 0.868. The zero-order chi connectivity index (χ0) is 19.0. The van der Waals surface area contributed by atoms with Gasteiger partial charge in [0.2, 0.25) is 0 Å². The van der Waals surface area contributed by atoms with Crippen molar-refractivity contribution in [1.29, 1.82) is 0 Å². The number of nitrogens with zero attached hydrogens (tertiary/aromatic N) is 2. The van der Waals surface area contributed by atoms with E-state index in [1.807, 2.05) is 30.3 Å². The standard InChI is InChI=1S/C20H19Cl2N3O2/c1-27-19(26)16-15(22)18(24-17(23-16)13-6-7-13)25-20(10-11-20)9-8-12-4-2-3-5-14(12)21/h2-5,8-9,13H,6-7,10-11H2,1H3,(H,23,24,25). The summed E-state index contributed by atoms with van der Waals surface area (Å²) in [6.45, 7) is 0. The second kappa shape index (κ2) is 7.13. The van der Waals surface area contributed by atoms with Gasteiger partial charge in [-0.2, -0.15) is 0 Å². The molecule has 140 valence electrons. The first kappa shape index (κ1) is 18.3. The van der Waals surface area contributed by atoms with Crippen LogP contribution in [0.3, 0.4) is 0 Å². The molecule has 1 heterocycles. The molecule has 0 spiro atoms. The fourth-order valence-electron chi connectivity index (χ4n) is 2.87. The van der Waals surface area contributed by atoms with E-state index >= 15 is 0 Å². The maximum absolute atomic E-state index is 12.1. The molecule has 4 rings (SSSR count). The molecular formula is C20H19Cl2N3O2. The summed E-state index contributed by atoms with van der Waals surface area (Å²) in [5.41, 5.74) is 0.824. The number of anilines is 1. The summed E-state index contributed by atoms with van der Waals surface area (Å²) in [4.78, 5) is 21.0. The lowest BCUT2D eigenvalue weighted by Crippen LogP contribution is -2.21. The van der Waals surface area contributed by atoms with Crippen molar-refractivity contribution >= 4 is 41.1 Å². The van der Waals surface area contributed by atoms with Crippen molar-refractivity contribution in [2.75, 3.05) is 12.4 Å². The van der Waals surface area contributed by atoms with Gasteiger partial charge in [-0.1, -0.05) is 53.6 Å². The van der Waals surface area contributed by atoms with E-state index in [9.17, 15) is 4.79 Å². The van der Waals surface area contributed by atoms with Gasteiger partial charge in [-0.15, -0.1) is 0 Å². The predicted molar refractivity (Wildman–Crippen MR) is 106 cm³/mol. The Balaban J connectivity index is 1.62. The number of carbonyl (C=O) groups is 1. The van der Waals surface area contributed by atoms with Crippen LogP contribution in [0.5, 0.6) is 0 Å². The van der Waals surface area contributed by atoms with Crippen LogP contribution >= 0.6 is 23.2 Å². The van der Waals surface area contributed by atoms with E-state index < -0.39 is 5.97 Å². The summed E-state index contributed by atoms with van der Waals surface area (Å²) in [7, 11) is 1.32. The average Bonchev–Trinajstić information content (AvgIpc) is 3.58. The highest BCUT2D eigenvalue weighted by molar-refractivity contribution is 6.35. The maximum Gasteiger partial charge on any atom is 0.358 e. The summed E-state index contributed by atoms with van der Waals surface area (Å²) in [6.07, 6.45) is 8.03. The van der Waals surface area contributed by atoms with Gasteiger partial charge >= 0.3 is 5.97 Å². The van der Waals surface area contributed by atoms with Gasteiger partial charge in [0.1, 0.15) is 16.7 Å². The summed E-state index contributed by atoms with van der Waals surface area (Å²) in [5, 5.41) is 4.31. The van der Waals surface area contributed by atoms with Gasteiger partial charge in [0.25, 0.3) is 0 Å². The Morgan fingerprint density at radius 1 is 1.26 bits per heavy atom. The highest BCUT2D eigenvalue weighted by Gasteiger charge is 2.42. The molecule has 0 radical (unpaired) electrons. The van der Waals surface area contributed by atoms with E-state index in [4.69, 9.17) is 27.9 Å². The molecule has 7 heteroatoms. The molecular weight excluding hydrogens is 385 g/mol. The summed E-state index contributed by atoms with van der Waals surface area (Å²) in [6, 6.07) is 7.68. The molecule has 2 fully saturated rings. The van der Waals surface area contributed by atoms with Gasteiger partial charge in [0.05, 0.1) is 12.6 Å². The molecule has 0 bridgehead atoms. The molecule has 0 saturated heterocycles. The van der Waals surface area contributed by atoms with Crippen molar-refractivity contribution in [3.05, 3.63) is 57.5 Å². The Kier molecular flexibility index (Phi) is 4.82. The van der Waals surface area contributed by atoms with E-state index in [0.29, 0.717) is 22.6 Å². The van der Waals surface area contributed by atoms with Crippen LogP contribution in [0.25, 0.3) is 6.08 Å². The number of rotatable bonds is 6. The van der Waals surface area contributed by atoms with Gasteiger partial charge < -0.3 is 10.1 Å². The molecule has 2 aliphatic carbocycles. The second-order valence-electron chi connectivity index (χ2n) is 6.99. The first-order valence-corrected chi connectivity index (χ1v) is 9.65. The normalized spacial score (nSPS) is 17.7. The van der Waals surface area contributed by atoms with Gasteiger partial charge in [-0.3, -0.25) is 0 Å².